The van der Waals surface area contributed by atoms with Gasteiger partial charge >= 0.3 is 5.97 Å². The molecular weight excluding hydrogens is 472 g/mol. The second-order valence-electron chi connectivity index (χ2n) is 9.99. The molecule has 0 radical (unpaired) electrons. The molecule has 0 fully saturated rings. The molecule has 0 aromatic heterocycles. The Hall–Kier alpha value is -3.01. The molecule has 3 aromatic carbocycles. The Balaban J connectivity index is 1.59. The van der Waals surface area contributed by atoms with Gasteiger partial charge in [-0.3, -0.25) is 4.79 Å². The number of methoxy groups -OCH3 is 1. The van der Waals surface area contributed by atoms with Crippen LogP contribution in [0, 0.1) is 0 Å². The highest BCUT2D eigenvalue weighted by molar-refractivity contribution is 6.84. The largest absolute Gasteiger partial charge is 0.497 e. The van der Waals surface area contributed by atoms with Crippen molar-refractivity contribution < 1.29 is 23.2 Å². The van der Waals surface area contributed by atoms with Crippen molar-refractivity contribution in [1.29, 1.82) is 0 Å². The van der Waals surface area contributed by atoms with E-state index in [1.807, 2.05) is 36.4 Å². The lowest BCUT2D eigenvalue weighted by Crippen LogP contribution is -2.47. The second kappa shape index (κ2) is 11.2. The predicted molar refractivity (Wildman–Crippen MR) is 144 cm³/mol. The molecule has 0 amide bonds. The summed E-state index contributed by atoms with van der Waals surface area (Å²) in [5.74, 6) is 0.766. The van der Waals surface area contributed by atoms with E-state index in [2.05, 4.69) is 38.3 Å². The Kier molecular flexibility index (Phi) is 8.48. The molecule has 5 nitrogen and oxygen atoms in total. The summed E-state index contributed by atoms with van der Waals surface area (Å²) in [6.07, 6.45) is 0. The fourth-order valence-corrected chi connectivity index (χ4v) is 13.3. The zero-order chi connectivity index (χ0) is 25.6. The first-order valence-electron chi connectivity index (χ1n) is 11.7. The van der Waals surface area contributed by atoms with Gasteiger partial charge in [0.15, 0.2) is 22.4 Å². The summed E-state index contributed by atoms with van der Waals surface area (Å²) in [4.78, 5) is 24.1. The number of carbonyl (C=O) groups excluding carboxylic acids is 2. The topological polar surface area (TPSA) is 61.8 Å². The number of rotatable bonds is 10. The van der Waals surface area contributed by atoms with Gasteiger partial charge in [-0.1, -0.05) is 36.4 Å². The smallest absolute Gasteiger partial charge is 0.343 e. The minimum absolute atomic E-state index is 0.0896. The zero-order valence-corrected chi connectivity index (χ0v) is 23.4. The van der Waals surface area contributed by atoms with Gasteiger partial charge in [-0.05, 0) is 92.7 Å². The molecule has 3 rings (SSSR count). The first kappa shape index (κ1) is 26.6. The molecule has 0 saturated carbocycles. The van der Waals surface area contributed by atoms with E-state index in [0.29, 0.717) is 16.9 Å². The zero-order valence-electron chi connectivity index (χ0n) is 21.4. The van der Waals surface area contributed by atoms with Gasteiger partial charge in [-0.15, -0.1) is 0 Å². The lowest BCUT2D eigenvalue weighted by molar-refractivity contribution is 0.0734. The fourth-order valence-electron chi connectivity index (χ4n) is 4.25. The van der Waals surface area contributed by atoms with E-state index in [-0.39, 0.29) is 5.78 Å². The third-order valence-electron chi connectivity index (χ3n) is 5.61. The van der Waals surface area contributed by atoms with Crippen molar-refractivity contribution in [2.24, 2.45) is 0 Å². The van der Waals surface area contributed by atoms with Crippen molar-refractivity contribution in [3.8, 4) is 11.5 Å². The van der Waals surface area contributed by atoms with E-state index in [1.165, 1.54) is 12.5 Å². The van der Waals surface area contributed by atoms with Gasteiger partial charge in [0.25, 0.3) is 0 Å². The third kappa shape index (κ3) is 8.02. The van der Waals surface area contributed by atoms with Gasteiger partial charge in [0.05, 0.1) is 12.7 Å². The van der Waals surface area contributed by atoms with E-state index in [0.717, 1.165) is 23.4 Å². The number of benzene rings is 3. The first-order valence-corrected chi connectivity index (χ1v) is 17.9. The molecule has 0 spiro atoms. The van der Waals surface area contributed by atoms with Crippen molar-refractivity contribution in [3.63, 3.8) is 0 Å². The minimum Gasteiger partial charge on any atom is -0.497 e. The molecule has 0 aliphatic heterocycles. The monoisotopic (exact) mass is 506 g/mol. The summed E-state index contributed by atoms with van der Waals surface area (Å²) in [6, 6.07) is 24.2. The molecule has 3 aromatic rings. The molecule has 0 unspecified atom stereocenters. The minimum atomic E-state index is -1.97. The quantitative estimate of drug-likeness (QED) is 0.138. The van der Waals surface area contributed by atoms with E-state index >= 15 is 0 Å². The molecule has 0 aliphatic rings. The van der Waals surface area contributed by atoms with Gasteiger partial charge in [0, 0.05) is 5.56 Å². The van der Waals surface area contributed by atoms with Crippen LogP contribution in [0.4, 0.5) is 0 Å². The molecule has 7 heteroatoms. The maximum atomic E-state index is 12.5. The van der Waals surface area contributed by atoms with Crippen LogP contribution in [0.15, 0.2) is 72.8 Å². The Morgan fingerprint density at radius 1 is 0.714 bits per heavy atom. The fraction of sp³-hybridized carbons (Fsp3) is 0.286. The standard InChI is InChI=1S/C28H34O5Si2/c1-21(29)24-8-7-9-25(18-24)28(30)32-27-16-12-23(13-17-27)20-35(5,6)33-34(3,4)19-22-10-14-26(31-2)15-11-22/h7-18H,19-20H2,1-6H3. The van der Waals surface area contributed by atoms with Crippen molar-refractivity contribution >= 4 is 28.4 Å². The summed E-state index contributed by atoms with van der Waals surface area (Å²) in [5, 5.41) is 0. The maximum absolute atomic E-state index is 12.5. The summed E-state index contributed by atoms with van der Waals surface area (Å²) >= 11 is 0. The third-order valence-corrected chi connectivity index (χ3v) is 12.6. The number of carbonyl (C=O) groups is 2. The number of esters is 1. The predicted octanol–water partition coefficient (Wildman–Crippen LogP) is 6.41. The molecule has 0 atom stereocenters. The van der Waals surface area contributed by atoms with Crippen LogP contribution in [0.5, 0.6) is 11.5 Å². The highest BCUT2D eigenvalue weighted by atomic mass is 28.4. The molecule has 0 heterocycles. The number of hydrogen-bond donors (Lipinski definition) is 0. The first-order chi connectivity index (χ1) is 16.5. The number of Topliss-reactive ketones (excluding diaryl/α,β-unsaturated/α-hetero) is 1. The van der Waals surface area contributed by atoms with Crippen LogP contribution in [0.3, 0.4) is 0 Å². The van der Waals surface area contributed by atoms with E-state index in [1.54, 1.807) is 31.4 Å². The summed E-state index contributed by atoms with van der Waals surface area (Å²) < 4.78 is 17.6. The molecule has 0 bridgehead atoms. The van der Waals surface area contributed by atoms with Crippen LogP contribution in [-0.2, 0) is 16.2 Å². The molecule has 35 heavy (non-hydrogen) atoms. The number of ketones is 1. The van der Waals surface area contributed by atoms with Crippen LogP contribution >= 0.6 is 0 Å². The summed E-state index contributed by atoms with van der Waals surface area (Å²) in [7, 11) is -2.21. The van der Waals surface area contributed by atoms with Crippen LogP contribution in [0.25, 0.3) is 0 Å². The molecule has 0 saturated heterocycles. The van der Waals surface area contributed by atoms with Crippen molar-refractivity contribution in [2.45, 2.75) is 45.2 Å². The summed E-state index contributed by atoms with van der Waals surface area (Å²) in [5.41, 5.74) is 3.27. The highest BCUT2D eigenvalue weighted by Gasteiger charge is 2.33. The van der Waals surface area contributed by atoms with E-state index < -0.39 is 22.6 Å². The molecule has 184 valence electrons. The van der Waals surface area contributed by atoms with E-state index in [9.17, 15) is 9.59 Å². The maximum Gasteiger partial charge on any atom is 0.343 e. The number of ether oxygens (including phenoxy) is 2. The highest BCUT2D eigenvalue weighted by Crippen LogP contribution is 2.24. The number of hydrogen-bond acceptors (Lipinski definition) is 5. The lowest BCUT2D eigenvalue weighted by atomic mass is 10.1. The van der Waals surface area contributed by atoms with Crippen molar-refractivity contribution in [3.05, 3.63) is 95.1 Å². The molecule has 0 aliphatic carbocycles. The Bertz CT molecular complexity index is 1170. The SMILES string of the molecule is COc1ccc(C[Si](C)(C)O[Si](C)(C)Cc2ccc(OC(=O)c3cccc(C(C)=O)c3)cc2)cc1. The Labute approximate surface area is 210 Å². The van der Waals surface area contributed by atoms with Gasteiger partial charge in [0.1, 0.15) is 11.5 Å². The average Bonchev–Trinajstić information content (AvgIpc) is 2.79. The Morgan fingerprint density at radius 3 is 1.69 bits per heavy atom. The normalized spacial score (nSPS) is 11.7. The average molecular weight is 507 g/mol. The second-order valence-corrected chi connectivity index (χ2v) is 18.6. The van der Waals surface area contributed by atoms with Gasteiger partial charge in [-0.2, -0.15) is 0 Å². The van der Waals surface area contributed by atoms with Crippen LogP contribution in [0.2, 0.25) is 26.2 Å². The van der Waals surface area contributed by atoms with Gasteiger partial charge in [-0.25, -0.2) is 4.79 Å². The van der Waals surface area contributed by atoms with Crippen LogP contribution < -0.4 is 9.47 Å². The Morgan fingerprint density at radius 2 is 1.20 bits per heavy atom. The molecular formula is C28H34O5Si2. The lowest BCUT2D eigenvalue weighted by Gasteiger charge is -2.34. The van der Waals surface area contributed by atoms with Crippen LogP contribution in [-0.4, -0.2) is 35.5 Å². The summed E-state index contributed by atoms with van der Waals surface area (Å²) in [6.45, 7) is 10.5. The van der Waals surface area contributed by atoms with Gasteiger partial charge in [0.2, 0.25) is 0 Å². The van der Waals surface area contributed by atoms with Crippen molar-refractivity contribution in [2.75, 3.05) is 7.11 Å². The van der Waals surface area contributed by atoms with Gasteiger partial charge < -0.3 is 13.6 Å². The molecule has 0 N–H and O–H groups in total. The van der Waals surface area contributed by atoms with Crippen LogP contribution in [0.1, 0.15) is 38.8 Å². The van der Waals surface area contributed by atoms with E-state index in [4.69, 9.17) is 13.6 Å². The van der Waals surface area contributed by atoms with Crippen molar-refractivity contribution in [1.82, 2.24) is 0 Å².